The van der Waals surface area contributed by atoms with Crippen LogP contribution in [0.1, 0.15) is 0 Å². The summed E-state index contributed by atoms with van der Waals surface area (Å²) in [5.74, 6) is 0.394. The molecule has 2 aromatic heterocycles. The van der Waals surface area contributed by atoms with Crippen LogP contribution in [-0.4, -0.2) is 25.0 Å². The van der Waals surface area contributed by atoms with Gasteiger partial charge in [-0.15, -0.1) is 0 Å². The van der Waals surface area contributed by atoms with Crippen molar-refractivity contribution in [1.82, 2.24) is 19.9 Å². The molecule has 0 saturated carbocycles. The summed E-state index contributed by atoms with van der Waals surface area (Å²) in [6, 6.07) is 3.55. The lowest BCUT2D eigenvalue weighted by atomic mass is 10.2. The zero-order valence-corrected chi connectivity index (χ0v) is 13.9. The molecule has 0 aliphatic heterocycles. The van der Waals surface area contributed by atoms with Crippen LogP contribution in [0.2, 0.25) is 0 Å². The normalized spacial score (nSPS) is 11.1. The molecule has 4 N–H and O–H groups in total. The van der Waals surface area contributed by atoms with Crippen molar-refractivity contribution in [1.29, 1.82) is 0 Å². The maximum atomic E-state index is 11.7. The highest BCUT2D eigenvalue weighted by molar-refractivity contribution is 14.1. The Hall–Kier alpha value is -1.37. The van der Waals surface area contributed by atoms with Gasteiger partial charge in [-0.05, 0) is 57.3 Å². The van der Waals surface area contributed by atoms with E-state index < -0.39 is 11.2 Å². The maximum absolute atomic E-state index is 11.7. The highest BCUT2D eigenvalue weighted by Gasteiger charge is 2.15. The van der Waals surface area contributed by atoms with Crippen molar-refractivity contribution in [2.45, 2.75) is 0 Å². The van der Waals surface area contributed by atoms with E-state index in [1.165, 1.54) is 0 Å². The Morgan fingerprint density at radius 1 is 1.10 bits per heavy atom. The molecule has 0 aliphatic carbocycles. The van der Waals surface area contributed by atoms with E-state index >= 15 is 0 Å². The van der Waals surface area contributed by atoms with Gasteiger partial charge < -0.3 is 10.1 Å². The largest absolute Gasteiger partial charge is 0.506 e. The van der Waals surface area contributed by atoms with Crippen molar-refractivity contribution in [3.63, 3.8) is 0 Å². The van der Waals surface area contributed by atoms with Gasteiger partial charge in [0.25, 0.3) is 5.56 Å². The Kier molecular flexibility index (Phi) is 3.32. The van der Waals surface area contributed by atoms with Gasteiger partial charge in [-0.1, -0.05) is 0 Å². The van der Waals surface area contributed by atoms with E-state index in [9.17, 15) is 14.7 Å². The standard InChI is InChI=1S/C11H6I2N4O3/c12-3-1-4(7(18)5(13)2-3)8-14-6-9(15-8)16-11(20)17-10(6)19/h1-2,18H,(H3,14,15,16,17,19,20). The van der Waals surface area contributed by atoms with Crippen LogP contribution >= 0.6 is 45.2 Å². The number of aromatic hydroxyl groups is 1. The first-order valence-electron chi connectivity index (χ1n) is 5.36. The molecular formula is C11H6I2N4O3. The first kappa shape index (κ1) is 13.6. The first-order chi connectivity index (χ1) is 9.45. The Morgan fingerprint density at radius 2 is 1.85 bits per heavy atom. The number of hydrogen-bond acceptors (Lipinski definition) is 4. The molecular weight excluding hydrogens is 490 g/mol. The summed E-state index contributed by atoms with van der Waals surface area (Å²) in [6.07, 6.45) is 0. The van der Waals surface area contributed by atoms with Gasteiger partial charge in [-0.25, -0.2) is 9.78 Å². The third kappa shape index (κ3) is 2.24. The number of rotatable bonds is 1. The summed E-state index contributed by atoms with van der Waals surface area (Å²) in [7, 11) is 0. The Labute approximate surface area is 138 Å². The quantitative estimate of drug-likeness (QED) is 0.383. The number of phenols is 1. The molecule has 0 bridgehead atoms. The minimum Gasteiger partial charge on any atom is -0.506 e. The van der Waals surface area contributed by atoms with Gasteiger partial charge in [0.05, 0.1) is 9.13 Å². The molecule has 9 heteroatoms. The number of benzene rings is 1. The molecule has 0 radical (unpaired) electrons. The molecule has 102 valence electrons. The van der Waals surface area contributed by atoms with Gasteiger partial charge in [-0.2, -0.15) is 0 Å². The summed E-state index contributed by atoms with van der Waals surface area (Å²) in [6.45, 7) is 0. The topological polar surface area (TPSA) is 115 Å². The van der Waals surface area contributed by atoms with Crippen LogP contribution in [0.5, 0.6) is 5.75 Å². The molecule has 1 aromatic carbocycles. The summed E-state index contributed by atoms with van der Waals surface area (Å²) in [4.78, 5) is 34.4. The van der Waals surface area contributed by atoms with Crippen molar-refractivity contribution in [3.8, 4) is 17.1 Å². The van der Waals surface area contributed by atoms with Gasteiger partial charge in [0.15, 0.2) is 5.65 Å². The zero-order valence-electron chi connectivity index (χ0n) is 9.62. The molecule has 0 saturated heterocycles. The number of nitrogens with one attached hydrogen (secondary N) is 3. The smallest absolute Gasteiger partial charge is 0.327 e. The predicted molar refractivity (Wildman–Crippen MR) is 89.9 cm³/mol. The van der Waals surface area contributed by atoms with E-state index in [4.69, 9.17) is 0 Å². The lowest BCUT2D eigenvalue weighted by Crippen LogP contribution is -2.21. The third-order valence-corrected chi connectivity index (χ3v) is 4.12. The van der Waals surface area contributed by atoms with E-state index in [0.29, 0.717) is 15.0 Å². The lowest BCUT2D eigenvalue weighted by molar-refractivity contribution is 0.473. The molecule has 0 fully saturated rings. The van der Waals surface area contributed by atoms with E-state index in [0.717, 1.165) is 3.57 Å². The fourth-order valence-corrected chi connectivity index (χ4v) is 3.65. The highest BCUT2D eigenvalue weighted by Crippen LogP contribution is 2.33. The molecule has 20 heavy (non-hydrogen) atoms. The van der Waals surface area contributed by atoms with Gasteiger partial charge in [0.1, 0.15) is 17.1 Å². The number of nitrogens with zero attached hydrogens (tertiary/aromatic N) is 1. The van der Waals surface area contributed by atoms with E-state index in [-0.39, 0.29) is 16.9 Å². The summed E-state index contributed by atoms with van der Waals surface area (Å²) in [5.41, 5.74) is -0.392. The van der Waals surface area contributed by atoms with Crippen molar-refractivity contribution in [3.05, 3.63) is 40.1 Å². The van der Waals surface area contributed by atoms with Crippen molar-refractivity contribution < 1.29 is 5.11 Å². The average Bonchev–Trinajstić information content (AvgIpc) is 2.77. The van der Waals surface area contributed by atoms with Crippen LogP contribution < -0.4 is 11.2 Å². The number of aromatic nitrogens is 4. The second kappa shape index (κ2) is 4.87. The number of hydrogen-bond donors (Lipinski definition) is 4. The maximum Gasteiger partial charge on any atom is 0.327 e. The second-order valence-corrected chi connectivity index (χ2v) is 6.41. The molecule has 3 aromatic rings. The molecule has 7 nitrogen and oxygen atoms in total. The second-order valence-electron chi connectivity index (χ2n) is 4.00. The summed E-state index contributed by atoms with van der Waals surface area (Å²) >= 11 is 4.13. The molecule has 0 aliphatic rings. The van der Waals surface area contributed by atoms with Crippen LogP contribution in [0.15, 0.2) is 21.7 Å². The SMILES string of the molecule is O=c1[nH]c(=O)c2[nH]c(-c3cc(I)cc(I)c3O)nc2[nH]1. The summed E-state index contributed by atoms with van der Waals surface area (Å²) in [5, 5.41) is 10.1. The number of fused-ring (bicyclic) bond motifs is 1. The first-order valence-corrected chi connectivity index (χ1v) is 7.52. The minimum atomic E-state index is -0.623. The molecule has 0 amide bonds. The van der Waals surface area contributed by atoms with Crippen LogP contribution in [0, 0.1) is 7.14 Å². The van der Waals surface area contributed by atoms with Gasteiger partial charge in [-0.3, -0.25) is 14.8 Å². The third-order valence-electron chi connectivity index (χ3n) is 2.67. The van der Waals surface area contributed by atoms with Crippen molar-refractivity contribution in [2.75, 3.05) is 0 Å². The molecule has 0 unspecified atom stereocenters. The van der Waals surface area contributed by atoms with E-state index in [1.54, 1.807) is 6.07 Å². The zero-order chi connectivity index (χ0) is 14.4. The molecule has 0 atom stereocenters. The monoisotopic (exact) mass is 496 g/mol. The predicted octanol–water partition coefficient (Wildman–Crippen LogP) is 1.52. The fourth-order valence-electron chi connectivity index (χ4n) is 1.81. The number of phenolic OH excluding ortho intramolecular Hbond substituents is 1. The molecule has 0 spiro atoms. The van der Waals surface area contributed by atoms with Gasteiger partial charge in [0.2, 0.25) is 0 Å². The van der Waals surface area contributed by atoms with Gasteiger partial charge >= 0.3 is 5.69 Å². The minimum absolute atomic E-state index is 0.0730. The number of halogens is 2. The Bertz CT molecular complexity index is 941. The van der Waals surface area contributed by atoms with Crippen LogP contribution in [0.25, 0.3) is 22.6 Å². The number of imidazole rings is 1. The molecule has 3 rings (SSSR count). The highest BCUT2D eigenvalue weighted by atomic mass is 127. The van der Waals surface area contributed by atoms with Gasteiger partial charge in [0, 0.05) is 3.57 Å². The Morgan fingerprint density at radius 3 is 2.60 bits per heavy atom. The Balaban J connectivity index is 2.34. The molecule has 2 heterocycles. The fraction of sp³-hybridized carbons (Fsp3) is 0. The average molecular weight is 496 g/mol. The summed E-state index contributed by atoms with van der Waals surface area (Å²) < 4.78 is 1.59. The lowest BCUT2D eigenvalue weighted by Gasteiger charge is -2.04. The number of H-pyrrole nitrogens is 3. The van der Waals surface area contributed by atoms with Crippen molar-refractivity contribution in [2.24, 2.45) is 0 Å². The van der Waals surface area contributed by atoms with Crippen molar-refractivity contribution >= 4 is 56.3 Å². The van der Waals surface area contributed by atoms with Crippen LogP contribution in [0.4, 0.5) is 0 Å². The number of aromatic amines is 3. The van der Waals surface area contributed by atoms with E-state index in [2.05, 4.69) is 42.5 Å². The van der Waals surface area contributed by atoms with E-state index in [1.807, 2.05) is 28.7 Å². The van der Waals surface area contributed by atoms with Crippen LogP contribution in [-0.2, 0) is 0 Å². The van der Waals surface area contributed by atoms with Crippen LogP contribution in [0.3, 0.4) is 0 Å².